The lowest BCUT2D eigenvalue weighted by Gasteiger charge is -2.23. The summed E-state index contributed by atoms with van der Waals surface area (Å²) in [6.45, 7) is 3.08. The molecule has 0 heterocycles. The minimum Gasteiger partial charge on any atom is -0.497 e. The number of benzene rings is 1. The third-order valence-corrected chi connectivity index (χ3v) is 3.29. The summed E-state index contributed by atoms with van der Waals surface area (Å²) < 4.78 is 20.5. The van der Waals surface area contributed by atoms with Gasteiger partial charge >= 0.3 is 11.9 Å². The van der Waals surface area contributed by atoms with Crippen LogP contribution in [0.25, 0.3) is 0 Å². The zero-order chi connectivity index (χ0) is 17.4. The number of carbonyl (C=O) groups excluding carboxylic acids is 2. The van der Waals surface area contributed by atoms with E-state index < -0.39 is 24.0 Å². The summed E-state index contributed by atoms with van der Waals surface area (Å²) in [7, 11) is 4.40. The van der Waals surface area contributed by atoms with E-state index in [2.05, 4.69) is 4.74 Å². The van der Waals surface area contributed by atoms with Crippen molar-refractivity contribution in [2.75, 3.05) is 21.3 Å². The Morgan fingerprint density at radius 2 is 1.83 bits per heavy atom. The number of rotatable bonds is 7. The van der Waals surface area contributed by atoms with Crippen LogP contribution in [0.15, 0.2) is 30.4 Å². The summed E-state index contributed by atoms with van der Waals surface area (Å²) in [5.74, 6) is -0.0672. The Kier molecular flexibility index (Phi) is 7.12. The van der Waals surface area contributed by atoms with Crippen molar-refractivity contribution in [2.45, 2.75) is 25.9 Å². The maximum Gasteiger partial charge on any atom is 0.330 e. The summed E-state index contributed by atoms with van der Waals surface area (Å²) in [6, 6.07) is 5.30. The van der Waals surface area contributed by atoms with Crippen LogP contribution in [-0.2, 0) is 19.1 Å². The van der Waals surface area contributed by atoms with Crippen molar-refractivity contribution in [2.24, 2.45) is 0 Å². The Morgan fingerprint density at radius 1 is 1.13 bits per heavy atom. The molecule has 1 aromatic carbocycles. The SMILES string of the molecule is COC(=O)/C=C/[C@@H](c1cc(OC)ccc1OC)[C@H](C)OC(C)=O. The van der Waals surface area contributed by atoms with Crippen LogP contribution in [-0.4, -0.2) is 39.4 Å². The predicted molar refractivity (Wildman–Crippen MR) is 84.7 cm³/mol. The fourth-order valence-electron chi connectivity index (χ4n) is 2.20. The minimum atomic E-state index is -0.505. The van der Waals surface area contributed by atoms with Gasteiger partial charge in [-0.15, -0.1) is 0 Å². The monoisotopic (exact) mass is 322 g/mol. The van der Waals surface area contributed by atoms with Crippen molar-refractivity contribution in [1.29, 1.82) is 0 Å². The van der Waals surface area contributed by atoms with Crippen molar-refractivity contribution in [3.63, 3.8) is 0 Å². The lowest BCUT2D eigenvalue weighted by atomic mass is 9.92. The number of hydrogen-bond donors (Lipinski definition) is 0. The molecule has 0 saturated heterocycles. The Hall–Kier alpha value is -2.50. The smallest absolute Gasteiger partial charge is 0.330 e. The van der Waals surface area contributed by atoms with Crippen molar-refractivity contribution in [3.8, 4) is 11.5 Å². The first-order valence-corrected chi connectivity index (χ1v) is 7.08. The molecule has 6 nitrogen and oxygen atoms in total. The largest absolute Gasteiger partial charge is 0.497 e. The molecule has 0 saturated carbocycles. The van der Waals surface area contributed by atoms with E-state index in [1.54, 1.807) is 45.4 Å². The lowest BCUT2D eigenvalue weighted by Crippen LogP contribution is -2.21. The Labute approximate surface area is 136 Å². The van der Waals surface area contributed by atoms with Crippen LogP contribution in [0.2, 0.25) is 0 Å². The number of carbonyl (C=O) groups is 2. The molecule has 1 aromatic rings. The van der Waals surface area contributed by atoms with Gasteiger partial charge in [-0.2, -0.15) is 0 Å². The van der Waals surface area contributed by atoms with Gasteiger partial charge in [0.05, 0.1) is 21.3 Å². The van der Waals surface area contributed by atoms with E-state index in [9.17, 15) is 9.59 Å². The third-order valence-electron chi connectivity index (χ3n) is 3.29. The van der Waals surface area contributed by atoms with Gasteiger partial charge in [-0.1, -0.05) is 6.08 Å². The molecule has 0 spiro atoms. The number of esters is 2. The van der Waals surface area contributed by atoms with Gasteiger partial charge in [0, 0.05) is 24.5 Å². The molecule has 0 radical (unpaired) electrons. The molecule has 0 unspecified atom stereocenters. The highest BCUT2D eigenvalue weighted by Gasteiger charge is 2.23. The zero-order valence-corrected chi connectivity index (χ0v) is 14.0. The highest BCUT2D eigenvalue weighted by molar-refractivity contribution is 5.82. The molecule has 0 aromatic heterocycles. The van der Waals surface area contributed by atoms with Crippen LogP contribution >= 0.6 is 0 Å². The van der Waals surface area contributed by atoms with Crippen LogP contribution in [0.5, 0.6) is 11.5 Å². The summed E-state index contributed by atoms with van der Waals surface area (Å²) in [5.41, 5.74) is 0.737. The van der Waals surface area contributed by atoms with Gasteiger partial charge in [0.15, 0.2) is 0 Å². The van der Waals surface area contributed by atoms with Crippen LogP contribution in [0, 0.1) is 0 Å². The normalized spacial score (nSPS) is 13.3. The van der Waals surface area contributed by atoms with E-state index in [4.69, 9.17) is 14.2 Å². The topological polar surface area (TPSA) is 71.1 Å². The maximum absolute atomic E-state index is 11.4. The van der Waals surface area contributed by atoms with Gasteiger partial charge in [0.1, 0.15) is 17.6 Å². The molecule has 2 atom stereocenters. The maximum atomic E-state index is 11.4. The highest BCUT2D eigenvalue weighted by atomic mass is 16.5. The average Bonchev–Trinajstić information content (AvgIpc) is 2.53. The molecule has 23 heavy (non-hydrogen) atoms. The molecule has 1 rings (SSSR count). The molecule has 0 aliphatic rings. The first-order valence-electron chi connectivity index (χ1n) is 7.08. The van der Waals surface area contributed by atoms with E-state index in [-0.39, 0.29) is 0 Å². The standard InChI is InChI=1S/C17H22O6/c1-11(23-12(2)18)14(7-9-17(19)22-5)15-10-13(20-3)6-8-16(15)21-4/h6-11,14H,1-5H3/b9-7+/t11-,14+/m0/s1. The van der Waals surface area contributed by atoms with Crippen molar-refractivity contribution in [1.82, 2.24) is 0 Å². The van der Waals surface area contributed by atoms with E-state index in [0.717, 1.165) is 5.56 Å². The molecule has 6 heteroatoms. The second-order valence-electron chi connectivity index (χ2n) is 4.83. The van der Waals surface area contributed by atoms with Gasteiger partial charge in [-0.25, -0.2) is 4.79 Å². The second-order valence-corrected chi connectivity index (χ2v) is 4.83. The van der Waals surface area contributed by atoms with Crippen LogP contribution < -0.4 is 9.47 Å². The van der Waals surface area contributed by atoms with E-state index in [0.29, 0.717) is 11.5 Å². The minimum absolute atomic E-state index is 0.400. The summed E-state index contributed by atoms with van der Waals surface area (Å²) >= 11 is 0. The number of methoxy groups -OCH3 is 3. The van der Waals surface area contributed by atoms with Gasteiger partial charge in [0.2, 0.25) is 0 Å². The molecular formula is C17H22O6. The third kappa shape index (κ3) is 5.32. The first-order chi connectivity index (χ1) is 10.9. The number of hydrogen-bond acceptors (Lipinski definition) is 6. The zero-order valence-electron chi connectivity index (χ0n) is 14.0. The molecule has 0 bridgehead atoms. The summed E-state index contributed by atoms with van der Waals surface area (Å²) in [6.07, 6.45) is 2.41. The fraction of sp³-hybridized carbons (Fsp3) is 0.412. The van der Waals surface area contributed by atoms with Crippen LogP contribution in [0.3, 0.4) is 0 Å². The summed E-state index contributed by atoms with van der Waals surface area (Å²) in [5, 5.41) is 0. The molecule has 0 amide bonds. The quantitative estimate of drug-likeness (QED) is 0.567. The van der Waals surface area contributed by atoms with Crippen molar-refractivity contribution in [3.05, 3.63) is 35.9 Å². The van der Waals surface area contributed by atoms with Gasteiger partial charge in [-0.3, -0.25) is 4.79 Å². The predicted octanol–water partition coefficient (Wildman–Crippen LogP) is 2.47. The molecule has 0 aliphatic carbocycles. The second kappa shape index (κ2) is 8.82. The van der Waals surface area contributed by atoms with E-state index in [1.807, 2.05) is 0 Å². The van der Waals surface area contributed by atoms with Crippen molar-refractivity contribution >= 4 is 11.9 Å². The lowest BCUT2D eigenvalue weighted by molar-refractivity contribution is -0.146. The Bertz CT molecular complexity index is 578. The molecule has 0 fully saturated rings. The van der Waals surface area contributed by atoms with E-state index >= 15 is 0 Å². The van der Waals surface area contributed by atoms with Crippen LogP contribution in [0.4, 0.5) is 0 Å². The average molecular weight is 322 g/mol. The molecule has 126 valence electrons. The van der Waals surface area contributed by atoms with Gasteiger partial charge in [-0.05, 0) is 25.1 Å². The van der Waals surface area contributed by atoms with E-state index in [1.165, 1.54) is 20.1 Å². The van der Waals surface area contributed by atoms with Gasteiger partial charge < -0.3 is 18.9 Å². The fourth-order valence-corrected chi connectivity index (χ4v) is 2.20. The Morgan fingerprint density at radius 3 is 2.35 bits per heavy atom. The molecular weight excluding hydrogens is 300 g/mol. The highest BCUT2D eigenvalue weighted by Crippen LogP contribution is 2.34. The number of ether oxygens (including phenoxy) is 4. The van der Waals surface area contributed by atoms with Crippen molar-refractivity contribution < 1.29 is 28.5 Å². The van der Waals surface area contributed by atoms with Gasteiger partial charge in [0.25, 0.3) is 0 Å². The first kappa shape index (κ1) is 18.5. The Balaban J connectivity index is 3.29. The summed E-state index contributed by atoms with van der Waals surface area (Å²) in [4.78, 5) is 22.7. The van der Waals surface area contributed by atoms with Crippen LogP contribution in [0.1, 0.15) is 25.3 Å². The molecule has 0 N–H and O–H groups in total. The molecule has 0 aliphatic heterocycles.